The Labute approximate surface area is 304 Å². The van der Waals surface area contributed by atoms with Gasteiger partial charge in [0.25, 0.3) is 0 Å². The second-order valence-electron chi connectivity index (χ2n) is 14.1. The summed E-state index contributed by atoms with van der Waals surface area (Å²) in [6, 6.07) is 55.7. The highest BCUT2D eigenvalue weighted by Crippen LogP contribution is 2.52. The summed E-state index contributed by atoms with van der Waals surface area (Å²) in [5.41, 5.74) is 12.6. The van der Waals surface area contributed by atoms with Crippen LogP contribution in [0.3, 0.4) is 0 Å². The molecule has 1 atom stereocenters. The van der Waals surface area contributed by atoms with Crippen molar-refractivity contribution in [2.75, 3.05) is 0 Å². The van der Waals surface area contributed by atoms with Crippen LogP contribution >= 0.6 is 0 Å². The number of hydrogen-bond donors (Lipinski definition) is 2. The van der Waals surface area contributed by atoms with Gasteiger partial charge in [0.1, 0.15) is 11.5 Å². The number of benzene rings is 7. The average Bonchev–Trinajstić information content (AvgIpc) is 3.56. The molecule has 2 aliphatic rings. The number of hydrogen-bond acceptors (Lipinski definition) is 4. The molecule has 7 aromatic rings. The fourth-order valence-electron chi connectivity index (χ4n) is 8.90. The molecule has 0 saturated heterocycles. The van der Waals surface area contributed by atoms with Crippen molar-refractivity contribution in [2.24, 2.45) is 0 Å². The van der Waals surface area contributed by atoms with E-state index >= 15 is 0 Å². The van der Waals surface area contributed by atoms with Crippen molar-refractivity contribution in [3.8, 4) is 23.0 Å². The minimum Gasteiger partial charge on any atom is -0.508 e. The van der Waals surface area contributed by atoms with E-state index in [9.17, 15) is 10.2 Å². The molecule has 2 aliphatic carbocycles. The lowest BCUT2D eigenvalue weighted by molar-refractivity contribution is -0.0999. The Morgan fingerprint density at radius 2 is 0.923 bits per heavy atom. The third kappa shape index (κ3) is 5.05. The number of phenols is 2. The maximum absolute atomic E-state index is 10.2. The third-order valence-corrected chi connectivity index (χ3v) is 11.2. The Kier molecular flexibility index (Phi) is 7.62. The number of aromatic hydroxyl groups is 2. The van der Waals surface area contributed by atoms with Gasteiger partial charge >= 0.3 is 0 Å². The first kappa shape index (κ1) is 31.7. The highest BCUT2D eigenvalue weighted by atomic mass is 17.2. The van der Waals surface area contributed by atoms with Crippen molar-refractivity contribution in [1.82, 2.24) is 0 Å². The molecule has 0 saturated carbocycles. The van der Waals surface area contributed by atoms with E-state index in [4.69, 9.17) is 9.78 Å². The topological polar surface area (TPSA) is 58.9 Å². The van der Waals surface area contributed by atoms with Crippen LogP contribution in [0.15, 0.2) is 164 Å². The van der Waals surface area contributed by atoms with Gasteiger partial charge in [-0.15, -0.1) is 0 Å². The van der Waals surface area contributed by atoms with Gasteiger partial charge in [-0.25, -0.2) is 0 Å². The van der Waals surface area contributed by atoms with Crippen LogP contribution in [0.2, 0.25) is 0 Å². The van der Waals surface area contributed by atoms with E-state index in [2.05, 4.69) is 97.9 Å². The van der Waals surface area contributed by atoms with Gasteiger partial charge in [-0.2, -0.15) is 0 Å². The Hall–Kier alpha value is -6.26. The molecular formula is C48H38O4. The molecular weight excluding hydrogens is 641 g/mol. The van der Waals surface area contributed by atoms with E-state index < -0.39 is 5.41 Å². The number of fused-ring (bicyclic) bond motifs is 3. The molecule has 0 amide bonds. The van der Waals surface area contributed by atoms with Gasteiger partial charge in [-0.3, -0.25) is 9.78 Å². The quantitative estimate of drug-likeness (QED) is 0.130. The molecule has 0 fully saturated rings. The summed E-state index contributed by atoms with van der Waals surface area (Å²) in [5.74, 6) is 1.70. The standard InChI is InChI=1S/C48H38O4/c1-32-10-27-44-35(30-32)28-29-47(44,36-11-19-40(49)20-12-36)37-15-23-42(24-16-37)51-52-43-25-17-39(18-26-43)48(38-13-21-41(50)22-14-38)45-8-4-2-6-33(45)31-34-7-3-5-9-46(34)48/h2-27,30,49-50H,28-29,31H2,1H3. The van der Waals surface area contributed by atoms with E-state index in [-0.39, 0.29) is 16.9 Å². The summed E-state index contributed by atoms with van der Waals surface area (Å²) in [6.45, 7) is 2.14. The van der Waals surface area contributed by atoms with Gasteiger partial charge in [0.2, 0.25) is 0 Å². The van der Waals surface area contributed by atoms with Gasteiger partial charge in [-0.1, -0.05) is 121 Å². The second kappa shape index (κ2) is 12.5. The van der Waals surface area contributed by atoms with Crippen LogP contribution in [-0.2, 0) is 23.7 Å². The molecule has 1 unspecified atom stereocenters. The van der Waals surface area contributed by atoms with Crippen molar-refractivity contribution in [3.63, 3.8) is 0 Å². The van der Waals surface area contributed by atoms with Crippen molar-refractivity contribution in [1.29, 1.82) is 0 Å². The average molecular weight is 679 g/mol. The molecule has 0 spiro atoms. The SMILES string of the molecule is Cc1ccc2c(c1)CCC2(c1ccc(O)cc1)c1ccc(OOc2ccc(C3(c4ccc(O)cc4)c4ccccc4Cc4ccccc43)cc2)cc1. The predicted molar refractivity (Wildman–Crippen MR) is 204 cm³/mol. The molecule has 0 radical (unpaired) electrons. The summed E-state index contributed by atoms with van der Waals surface area (Å²) in [6.07, 6.45) is 2.79. The molecule has 52 heavy (non-hydrogen) atoms. The second-order valence-corrected chi connectivity index (χ2v) is 14.1. The Morgan fingerprint density at radius 1 is 0.462 bits per heavy atom. The maximum Gasteiger partial charge on any atom is 0.178 e. The van der Waals surface area contributed by atoms with Crippen molar-refractivity contribution < 1.29 is 20.0 Å². The maximum atomic E-state index is 10.2. The first-order valence-corrected chi connectivity index (χ1v) is 17.9. The largest absolute Gasteiger partial charge is 0.508 e. The minimum absolute atomic E-state index is 0.240. The van der Waals surface area contributed by atoms with Gasteiger partial charge in [0.15, 0.2) is 11.5 Å². The lowest BCUT2D eigenvalue weighted by Gasteiger charge is -2.42. The lowest BCUT2D eigenvalue weighted by Crippen LogP contribution is -2.36. The first-order valence-electron chi connectivity index (χ1n) is 17.9. The summed E-state index contributed by atoms with van der Waals surface area (Å²) >= 11 is 0. The molecule has 4 nitrogen and oxygen atoms in total. The molecule has 0 aromatic heterocycles. The first-order chi connectivity index (χ1) is 25.4. The van der Waals surface area contributed by atoms with Gasteiger partial charge < -0.3 is 10.2 Å². The highest BCUT2D eigenvalue weighted by molar-refractivity contribution is 5.67. The molecule has 2 N–H and O–H groups in total. The zero-order valence-corrected chi connectivity index (χ0v) is 28.9. The van der Waals surface area contributed by atoms with Crippen LogP contribution in [0.5, 0.6) is 23.0 Å². The van der Waals surface area contributed by atoms with Crippen LogP contribution in [0.4, 0.5) is 0 Å². The predicted octanol–water partition coefficient (Wildman–Crippen LogP) is 10.3. The number of phenolic OH excluding ortho intramolecular Hbond substituents is 2. The van der Waals surface area contributed by atoms with Crippen LogP contribution < -0.4 is 9.78 Å². The molecule has 7 aromatic carbocycles. The molecule has 0 aliphatic heterocycles. The van der Waals surface area contributed by atoms with Crippen LogP contribution in [0, 0.1) is 6.92 Å². The fraction of sp³-hybridized carbons (Fsp3) is 0.125. The van der Waals surface area contributed by atoms with Crippen LogP contribution in [-0.4, -0.2) is 10.2 Å². The third-order valence-electron chi connectivity index (χ3n) is 11.2. The van der Waals surface area contributed by atoms with Crippen molar-refractivity contribution in [2.45, 2.75) is 37.0 Å². The Bertz CT molecular complexity index is 2350. The summed E-state index contributed by atoms with van der Waals surface area (Å²) in [7, 11) is 0. The zero-order valence-electron chi connectivity index (χ0n) is 28.9. The molecule has 4 heteroatoms. The highest BCUT2D eigenvalue weighted by Gasteiger charge is 2.44. The Morgan fingerprint density at radius 3 is 1.46 bits per heavy atom. The summed E-state index contributed by atoms with van der Waals surface area (Å²) in [4.78, 5) is 11.8. The molecule has 0 heterocycles. The van der Waals surface area contributed by atoms with E-state index in [0.29, 0.717) is 11.5 Å². The van der Waals surface area contributed by atoms with Crippen LogP contribution in [0.25, 0.3) is 0 Å². The van der Waals surface area contributed by atoms with E-state index in [1.165, 1.54) is 44.5 Å². The molecule has 9 rings (SSSR count). The fourth-order valence-corrected chi connectivity index (χ4v) is 8.90. The monoisotopic (exact) mass is 678 g/mol. The minimum atomic E-state index is -0.584. The van der Waals surface area contributed by atoms with Crippen molar-refractivity contribution >= 4 is 0 Å². The van der Waals surface area contributed by atoms with Gasteiger partial charge in [-0.05, 0) is 130 Å². The molecule has 0 bridgehead atoms. The van der Waals surface area contributed by atoms with E-state index in [1.807, 2.05) is 48.5 Å². The smallest absolute Gasteiger partial charge is 0.178 e. The normalized spacial score (nSPS) is 16.7. The van der Waals surface area contributed by atoms with Gasteiger partial charge in [0.05, 0.1) is 5.41 Å². The van der Waals surface area contributed by atoms with Gasteiger partial charge in [0, 0.05) is 5.41 Å². The van der Waals surface area contributed by atoms with Crippen molar-refractivity contribution in [3.05, 3.63) is 225 Å². The zero-order chi connectivity index (χ0) is 35.3. The lowest BCUT2D eigenvalue weighted by atomic mass is 9.60. The van der Waals surface area contributed by atoms with Crippen LogP contribution in [0.1, 0.15) is 67.6 Å². The number of rotatable bonds is 7. The Balaban J connectivity index is 1.03. The van der Waals surface area contributed by atoms with E-state index in [0.717, 1.165) is 36.0 Å². The summed E-state index contributed by atoms with van der Waals surface area (Å²) < 4.78 is 0. The molecule has 254 valence electrons. The van der Waals surface area contributed by atoms with E-state index in [1.54, 1.807) is 24.3 Å². The summed E-state index contributed by atoms with van der Waals surface area (Å²) in [5, 5.41) is 20.3. The number of aryl methyl sites for hydroxylation is 2.